The molecule has 0 unspecified atom stereocenters. The van der Waals surface area contributed by atoms with Crippen molar-refractivity contribution in [1.82, 2.24) is 5.32 Å². The fourth-order valence-electron chi connectivity index (χ4n) is 3.62. The number of carbonyl (C=O) groups excluding carboxylic acids is 1. The van der Waals surface area contributed by atoms with Crippen LogP contribution in [0.4, 0.5) is 5.69 Å². The summed E-state index contributed by atoms with van der Waals surface area (Å²) in [5.74, 6) is -0.511. The smallest absolute Gasteiger partial charge is 0.352 e. The van der Waals surface area contributed by atoms with Gasteiger partial charge in [0.25, 0.3) is 0 Å². The van der Waals surface area contributed by atoms with Gasteiger partial charge in [0.1, 0.15) is 11.4 Å². The summed E-state index contributed by atoms with van der Waals surface area (Å²) in [7, 11) is 0. The molecule has 2 aromatic carbocycles. The molecular weight excluding hydrogens is 400 g/mol. The molecule has 2 aromatic rings. The topological polar surface area (TPSA) is 119 Å². The molecule has 3 rings (SSSR count). The lowest BCUT2D eigenvalue weighted by Crippen LogP contribution is -2.27. The van der Waals surface area contributed by atoms with E-state index in [4.69, 9.17) is 4.74 Å². The van der Waals surface area contributed by atoms with Crippen LogP contribution in [0.3, 0.4) is 0 Å². The normalized spacial score (nSPS) is 14.3. The van der Waals surface area contributed by atoms with E-state index in [0.29, 0.717) is 23.7 Å². The number of amides is 1. The summed E-state index contributed by atoms with van der Waals surface area (Å²) < 4.78 is 5.58. The highest BCUT2D eigenvalue weighted by atomic mass is 16.6. The number of rotatable bonds is 9. The zero-order chi connectivity index (χ0) is 22.2. The van der Waals surface area contributed by atoms with E-state index in [2.05, 4.69) is 5.32 Å². The summed E-state index contributed by atoms with van der Waals surface area (Å²) in [6, 6.07) is 12.4. The maximum Gasteiger partial charge on any atom is 0.352 e. The third-order valence-corrected chi connectivity index (χ3v) is 5.24. The van der Waals surface area contributed by atoms with Gasteiger partial charge in [0, 0.05) is 12.5 Å². The van der Waals surface area contributed by atoms with Crippen molar-refractivity contribution in [1.29, 1.82) is 0 Å². The Bertz CT molecular complexity index is 978. The minimum atomic E-state index is -1.23. The molecule has 1 fully saturated rings. The van der Waals surface area contributed by atoms with Crippen molar-refractivity contribution < 1.29 is 24.4 Å². The van der Waals surface area contributed by atoms with Gasteiger partial charge in [-0.05, 0) is 42.2 Å². The van der Waals surface area contributed by atoms with Crippen LogP contribution in [0.15, 0.2) is 54.2 Å². The number of hydrogen-bond acceptors (Lipinski definition) is 5. The molecule has 31 heavy (non-hydrogen) atoms. The van der Waals surface area contributed by atoms with Crippen molar-refractivity contribution >= 4 is 23.6 Å². The number of nitrogens with one attached hydrogen (secondary N) is 1. The number of para-hydroxylation sites is 2. The molecule has 1 aliphatic rings. The van der Waals surface area contributed by atoms with Gasteiger partial charge < -0.3 is 15.2 Å². The Morgan fingerprint density at radius 3 is 2.45 bits per heavy atom. The van der Waals surface area contributed by atoms with E-state index in [1.165, 1.54) is 31.1 Å². The molecule has 0 saturated heterocycles. The highest BCUT2D eigenvalue weighted by Gasteiger charge is 2.18. The Morgan fingerprint density at radius 2 is 1.81 bits per heavy atom. The van der Waals surface area contributed by atoms with Crippen LogP contribution in [0, 0.1) is 16.0 Å². The van der Waals surface area contributed by atoms with Gasteiger partial charge in [0.05, 0.1) is 4.92 Å². The molecule has 162 valence electrons. The Hall–Kier alpha value is -3.68. The second-order valence-corrected chi connectivity index (χ2v) is 7.50. The molecule has 1 amide bonds. The fourth-order valence-corrected chi connectivity index (χ4v) is 3.62. The number of nitrogens with zero attached hydrogens (tertiary/aromatic N) is 1. The predicted octanol–water partition coefficient (Wildman–Crippen LogP) is 4.90. The summed E-state index contributed by atoms with van der Waals surface area (Å²) in [4.78, 5) is 34.3. The highest BCUT2D eigenvalue weighted by Crippen LogP contribution is 2.31. The summed E-state index contributed by atoms with van der Waals surface area (Å²) in [6.45, 7) is 0. The number of carboxylic acids is 1. The number of nitro groups is 1. The number of hydrogen-bond donors (Lipinski definition) is 2. The number of ether oxygens (including phenoxy) is 1. The van der Waals surface area contributed by atoms with E-state index < -0.39 is 10.9 Å². The van der Waals surface area contributed by atoms with Crippen LogP contribution < -0.4 is 10.1 Å². The molecule has 0 spiro atoms. The van der Waals surface area contributed by atoms with Crippen LogP contribution in [0.25, 0.3) is 6.08 Å². The second kappa shape index (κ2) is 10.4. The maximum absolute atomic E-state index is 12.2. The first-order chi connectivity index (χ1) is 14.9. The maximum atomic E-state index is 12.2. The quantitative estimate of drug-likeness (QED) is 0.336. The number of nitro benzene ring substituents is 1. The molecule has 0 atom stereocenters. The Labute approximate surface area is 179 Å². The molecule has 1 aliphatic carbocycles. The number of benzene rings is 2. The van der Waals surface area contributed by atoms with Gasteiger partial charge in [-0.15, -0.1) is 0 Å². The van der Waals surface area contributed by atoms with Crippen LogP contribution in [-0.2, 0) is 9.59 Å². The average Bonchev–Trinajstić information content (AvgIpc) is 3.27. The van der Waals surface area contributed by atoms with Crippen LogP contribution >= 0.6 is 0 Å². The van der Waals surface area contributed by atoms with Gasteiger partial charge in [0.2, 0.25) is 11.7 Å². The molecule has 8 heteroatoms. The lowest BCUT2D eigenvalue weighted by Gasteiger charge is -2.10. The molecule has 0 heterocycles. The molecule has 2 N–H and O–H groups in total. The zero-order valence-electron chi connectivity index (χ0n) is 17.0. The van der Waals surface area contributed by atoms with Crippen molar-refractivity contribution in [2.24, 2.45) is 5.92 Å². The zero-order valence-corrected chi connectivity index (χ0v) is 17.0. The molecule has 8 nitrogen and oxygen atoms in total. The van der Waals surface area contributed by atoms with Crippen LogP contribution in [0.5, 0.6) is 11.5 Å². The van der Waals surface area contributed by atoms with Crippen molar-refractivity contribution in [3.8, 4) is 11.5 Å². The molecule has 0 bridgehead atoms. The predicted molar refractivity (Wildman–Crippen MR) is 115 cm³/mol. The Kier molecular flexibility index (Phi) is 7.37. The number of carboxylic acid groups (broad SMARTS) is 1. The molecule has 1 saturated carbocycles. The third kappa shape index (κ3) is 6.40. The van der Waals surface area contributed by atoms with Gasteiger partial charge in [-0.1, -0.05) is 49.9 Å². The van der Waals surface area contributed by atoms with E-state index in [-0.39, 0.29) is 23.0 Å². The van der Waals surface area contributed by atoms with Crippen molar-refractivity contribution in [3.05, 3.63) is 69.9 Å². The molecule has 0 aliphatic heterocycles. The van der Waals surface area contributed by atoms with Gasteiger partial charge in [0.15, 0.2) is 0 Å². The van der Waals surface area contributed by atoms with E-state index in [0.717, 1.165) is 19.3 Å². The second-order valence-electron chi connectivity index (χ2n) is 7.50. The third-order valence-electron chi connectivity index (χ3n) is 5.24. The Morgan fingerprint density at radius 1 is 1.13 bits per heavy atom. The summed E-state index contributed by atoms with van der Waals surface area (Å²) in [5.41, 5.74) is 0.187. The molecule has 0 radical (unpaired) electrons. The standard InChI is InChI=1S/C23H24N2O6/c26-22(14-11-16-5-1-2-6-16)24-19(23(27)28)15-17-9-12-18(13-10-17)31-21-8-4-3-7-20(21)25(29)30/h3-4,7-10,12-13,15-16H,1-2,5-6,11,14H2,(H,24,26)(H,27,28)/b19-15-. The minimum absolute atomic E-state index is 0.108. The Balaban J connectivity index is 1.64. The summed E-state index contributed by atoms with van der Waals surface area (Å²) >= 11 is 0. The van der Waals surface area contributed by atoms with E-state index >= 15 is 0 Å². The lowest BCUT2D eigenvalue weighted by molar-refractivity contribution is -0.385. The first-order valence-electron chi connectivity index (χ1n) is 10.2. The van der Waals surface area contributed by atoms with Crippen LogP contribution in [0.2, 0.25) is 0 Å². The van der Waals surface area contributed by atoms with Gasteiger partial charge in [-0.3, -0.25) is 14.9 Å². The summed E-state index contributed by atoms with van der Waals surface area (Å²) in [5, 5.41) is 23.0. The van der Waals surface area contributed by atoms with E-state index in [9.17, 15) is 24.8 Å². The minimum Gasteiger partial charge on any atom is -0.477 e. The highest BCUT2D eigenvalue weighted by molar-refractivity contribution is 5.96. The van der Waals surface area contributed by atoms with E-state index in [1.54, 1.807) is 36.4 Å². The lowest BCUT2D eigenvalue weighted by atomic mass is 10.0. The van der Waals surface area contributed by atoms with Crippen LogP contribution in [-0.4, -0.2) is 21.9 Å². The SMILES string of the molecule is O=C(CCC1CCCC1)N/C(=C\c1ccc(Oc2ccccc2[N+](=O)[O-])cc1)C(=O)O. The molecular formula is C23H24N2O6. The largest absolute Gasteiger partial charge is 0.477 e. The van der Waals surface area contributed by atoms with Crippen molar-refractivity contribution in [2.45, 2.75) is 38.5 Å². The number of aliphatic carboxylic acids is 1. The van der Waals surface area contributed by atoms with Gasteiger partial charge in [-0.25, -0.2) is 4.79 Å². The summed E-state index contributed by atoms with van der Waals surface area (Å²) in [6.07, 6.45) is 7.11. The van der Waals surface area contributed by atoms with Crippen molar-refractivity contribution in [3.63, 3.8) is 0 Å². The van der Waals surface area contributed by atoms with Crippen LogP contribution in [0.1, 0.15) is 44.1 Å². The first-order valence-corrected chi connectivity index (χ1v) is 10.2. The van der Waals surface area contributed by atoms with Crippen molar-refractivity contribution in [2.75, 3.05) is 0 Å². The van der Waals surface area contributed by atoms with Gasteiger partial charge in [-0.2, -0.15) is 0 Å². The monoisotopic (exact) mass is 424 g/mol. The molecule has 0 aromatic heterocycles. The van der Waals surface area contributed by atoms with E-state index in [1.807, 2.05) is 0 Å². The van der Waals surface area contributed by atoms with Gasteiger partial charge >= 0.3 is 11.7 Å². The first kappa shape index (κ1) is 22.0. The number of carbonyl (C=O) groups is 2. The average molecular weight is 424 g/mol. The fraction of sp³-hybridized carbons (Fsp3) is 0.304.